The summed E-state index contributed by atoms with van der Waals surface area (Å²) in [5.41, 5.74) is 2.55. The fraction of sp³-hybridized carbons (Fsp3) is 0.409. The van der Waals surface area contributed by atoms with E-state index in [1.165, 1.54) is 0 Å². The number of fused-ring (bicyclic) bond motifs is 1. The highest BCUT2D eigenvalue weighted by Gasteiger charge is 2.31. The van der Waals surface area contributed by atoms with Crippen LogP contribution in [0.2, 0.25) is 0 Å². The van der Waals surface area contributed by atoms with Crippen molar-refractivity contribution < 1.29 is 9.53 Å². The first-order valence-corrected chi connectivity index (χ1v) is 10.3. The fourth-order valence-corrected chi connectivity index (χ4v) is 3.93. The van der Waals surface area contributed by atoms with Crippen molar-refractivity contribution in [2.45, 2.75) is 39.2 Å². The van der Waals surface area contributed by atoms with Gasteiger partial charge in [0.2, 0.25) is 0 Å². The number of hydrogen-bond acceptors (Lipinski definition) is 4. The third kappa shape index (κ3) is 3.90. The highest BCUT2D eigenvalue weighted by Crippen LogP contribution is 2.30. The van der Waals surface area contributed by atoms with Crippen LogP contribution >= 0.6 is 0 Å². The van der Waals surface area contributed by atoms with Crippen molar-refractivity contribution in [2.75, 3.05) is 25.0 Å². The average Bonchev–Trinajstić information content (AvgIpc) is 3.35. The number of ether oxygens (including phenoxy) is 1. The summed E-state index contributed by atoms with van der Waals surface area (Å²) in [6.45, 7) is 6.88. The predicted octanol–water partition coefficient (Wildman–Crippen LogP) is 4.26. The predicted molar refractivity (Wildman–Crippen MR) is 113 cm³/mol. The smallest absolute Gasteiger partial charge is 0.321 e. The molecule has 2 amide bonds. The largest absolute Gasteiger partial charge is 0.492 e. The summed E-state index contributed by atoms with van der Waals surface area (Å²) in [6, 6.07) is 11.3. The molecule has 0 aliphatic carbocycles. The summed E-state index contributed by atoms with van der Waals surface area (Å²) in [5, 5.41) is 3.00. The zero-order valence-corrected chi connectivity index (χ0v) is 17.0. The Morgan fingerprint density at radius 1 is 1.24 bits per heavy atom. The number of nitrogens with zero attached hydrogens (tertiary/aromatic N) is 4. The number of urea groups is 1. The molecule has 1 aliphatic rings. The van der Waals surface area contributed by atoms with Gasteiger partial charge in [-0.1, -0.05) is 19.1 Å². The average molecular weight is 393 g/mol. The number of anilines is 1. The molecule has 1 saturated heterocycles. The molecule has 0 saturated carbocycles. The van der Waals surface area contributed by atoms with E-state index in [0.717, 1.165) is 36.4 Å². The highest BCUT2D eigenvalue weighted by atomic mass is 16.5. The van der Waals surface area contributed by atoms with Gasteiger partial charge in [0.1, 0.15) is 17.1 Å². The minimum atomic E-state index is -0.101. The first-order chi connectivity index (χ1) is 14.2. The molecule has 4 rings (SSSR count). The standard InChI is InChI=1S/C22H27N5O2/c1-3-13-27-20(24-18-9-7-12-23-21(18)27)16-11-14-26(15-16)22(28)25-17-8-5-6-10-19(17)29-4-2/h5-10,12,16H,3-4,11,13-15H2,1-2H3,(H,25,28). The van der Waals surface area contributed by atoms with Gasteiger partial charge in [0.05, 0.1) is 12.3 Å². The lowest BCUT2D eigenvalue weighted by Crippen LogP contribution is -2.33. The molecule has 3 aromatic rings. The molecule has 7 heteroatoms. The summed E-state index contributed by atoms with van der Waals surface area (Å²) < 4.78 is 7.83. The number of aromatic nitrogens is 3. The van der Waals surface area contributed by atoms with Gasteiger partial charge < -0.3 is 19.5 Å². The van der Waals surface area contributed by atoms with E-state index in [-0.39, 0.29) is 11.9 Å². The Labute approximate surface area is 170 Å². The van der Waals surface area contributed by atoms with E-state index in [1.54, 1.807) is 0 Å². The van der Waals surface area contributed by atoms with Crippen LogP contribution in [0.4, 0.5) is 10.5 Å². The van der Waals surface area contributed by atoms with Crippen LogP contribution in [0.1, 0.15) is 38.4 Å². The monoisotopic (exact) mass is 393 g/mol. The molecule has 29 heavy (non-hydrogen) atoms. The van der Waals surface area contributed by atoms with Crippen LogP contribution in [0.3, 0.4) is 0 Å². The number of pyridine rings is 1. The van der Waals surface area contributed by atoms with E-state index < -0.39 is 0 Å². The Balaban J connectivity index is 1.50. The number of aryl methyl sites for hydroxylation is 1. The van der Waals surface area contributed by atoms with Gasteiger partial charge >= 0.3 is 6.03 Å². The topological polar surface area (TPSA) is 72.3 Å². The number of nitrogens with one attached hydrogen (secondary N) is 1. The summed E-state index contributed by atoms with van der Waals surface area (Å²) in [4.78, 5) is 24.1. The van der Waals surface area contributed by atoms with E-state index in [0.29, 0.717) is 31.1 Å². The number of imidazole rings is 1. The third-order valence-corrected chi connectivity index (χ3v) is 5.25. The van der Waals surface area contributed by atoms with E-state index >= 15 is 0 Å². The second-order valence-corrected chi connectivity index (χ2v) is 7.26. The van der Waals surface area contributed by atoms with Gasteiger partial charge in [-0.25, -0.2) is 14.8 Å². The molecule has 1 unspecified atom stereocenters. The molecule has 0 spiro atoms. The summed E-state index contributed by atoms with van der Waals surface area (Å²) in [5.74, 6) is 1.93. The quantitative estimate of drug-likeness (QED) is 0.679. The second-order valence-electron chi connectivity index (χ2n) is 7.26. The lowest BCUT2D eigenvalue weighted by molar-refractivity contribution is 0.221. The lowest BCUT2D eigenvalue weighted by Gasteiger charge is -2.19. The molecule has 1 fully saturated rings. The molecule has 2 aromatic heterocycles. The zero-order valence-electron chi connectivity index (χ0n) is 17.0. The van der Waals surface area contributed by atoms with Crippen LogP contribution in [-0.2, 0) is 6.54 Å². The maximum Gasteiger partial charge on any atom is 0.321 e. The molecule has 1 N–H and O–H groups in total. The molecule has 0 bridgehead atoms. The Bertz CT molecular complexity index is 1000. The van der Waals surface area contributed by atoms with Crippen molar-refractivity contribution in [2.24, 2.45) is 0 Å². The zero-order chi connectivity index (χ0) is 20.2. The van der Waals surface area contributed by atoms with Crippen molar-refractivity contribution in [3.05, 3.63) is 48.4 Å². The minimum Gasteiger partial charge on any atom is -0.492 e. The summed E-state index contributed by atoms with van der Waals surface area (Å²) in [7, 11) is 0. The van der Waals surface area contributed by atoms with Crippen molar-refractivity contribution >= 4 is 22.9 Å². The molecule has 1 atom stereocenters. The number of rotatable bonds is 6. The molecular weight excluding hydrogens is 366 g/mol. The Kier molecular flexibility index (Phi) is 5.64. The first-order valence-electron chi connectivity index (χ1n) is 10.3. The Morgan fingerprint density at radius 3 is 2.93 bits per heavy atom. The van der Waals surface area contributed by atoms with Gasteiger partial charge in [-0.05, 0) is 44.0 Å². The number of likely N-dealkylation sites (tertiary alicyclic amines) is 1. The molecule has 1 aliphatic heterocycles. The van der Waals surface area contributed by atoms with E-state index in [2.05, 4.69) is 21.8 Å². The SMILES string of the molecule is CCCn1c(C2CCN(C(=O)Nc3ccccc3OCC)C2)nc2cccnc21. The van der Waals surface area contributed by atoms with E-state index in [1.807, 2.05) is 54.4 Å². The number of carbonyl (C=O) groups is 1. The van der Waals surface area contributed by atoms with Gasteiger partial charge in [0.25, 0.3) is 0 Å². The summed E-state index contributed by atoms with van der Waals surface area (Å²) in [6.07, 6.45) is 3.72. The van der Waals surface area contributed by atoms with E-state index in [4.69, 9.17) is 9.72 Å². The van der Waals surface area contributed by atoms with Gasteiger partial charge in [-0.15, -0.1) is 0 Å². The molecular formula is C22H27N5O2. The second kappa shape index (κ2) is 8.51. The van der Waals surface area contributed by atoms with E-state index in [9.17, 15) is 4.79 Å². The number of hydrogen-bond donors (Lipinski definition) is 1. The van der Waals surface area contributed by atoms with Crippen molar-refractivity contribution in [1.29, 1.82) is 0 Å². The van der Waals surface area contributed by atoms with Gasteiger partial charge in [-0.2, -0.15) is 0 Å². The number of carbonyl (C=O) groups excluding carboxylic acids is 1. The number of benzene rings is 1. The van der Waals surface area contributed by atoms with Crippen LogP contribution in [0.5, 0.6) is 5.75 Å². The van der Waals surface area contributed by atoms with Crippen molar-refractivity contribution in [3.8, 4) is 5.75 Å². The van der Waals surface area contributed by atoms with Crippen molar-refractivity contribution in [1.82, 2.24) is 19.4 Å². The molecule has 152 valence electrons. The van der Waals surface area contributed by atoms with Crippen molar-refractivity contribution in [3.63, 3.8) is 0 Å². The Hall–Kier alpha value is -3.09. The Morgan fingerprint density at radius 2 is 2.10 bits per heavy atom. The molecule has 3 heterocycles. The molecule has 1 aromatic carbocycles. The maximum atomic E-state index is 12.9. The van der Waals surface area contributed by atoms with Gasteiger partial charge in [-0.3, -0.25) is 0 Å². The highest BCUT2D eigenvalue weighted by molar-refractivity contribution is 5.91. The summed E-state index contributed by atoms with van der Waals surface area (Å²) >= 11 is 0. The first kappa shape index (κ1) is 19.2. The fourth-order valence-electron chi connectivity index (χ4n) is 3.93. The third-order valence-electron chi connectivity index (χ3n) is 5.25. The van der Waals surface area contributed by atoms with Crippen LogP contribution < -0.4 is 10.1 Å². The van der Waals surface area contributed by atoms with Crippen LogP contribution in [0.25, 0.3) is 11.2 Å². The normalized spacial score (nSPS) is 16.3. The van der Waals surface area contributed by atoms with Crippen LogP contribution in [0.15, 0.2) is 42.6 Å². The number of amides is 2. The van der Waals surface area contributed by atoms with Gasteiger partial charge in [0, 0.05) is 31.7 Å². The molecule has 7 nitrogen and oxygen atoms in total. The van der Waals surface area contributed by atoms with Crippen LogP contribution in [-0.4, -0.2) is 45.2 Å². The molecule has 0 radical (unpaired) electrons. The van der Waals surface area contributed by atoms with Gasteiger partial charge in [0.15, 0.2) is 5.65 Å². The van der Waals surface area contributed by atoms with Crippen LogP contribution in [0, 0.1) is 0 Å². The number of para-hydroxylation sites is 2. The minimum absolute atomic E-state index is 0.101. The maximum absolute atomic E-state index is 12.9. The lowest BCUT2D eigenvalue weighted by atomic mass is 10.1.